The number of rotatable bonds is 6. The van der Waals surface area contributed by atoms with Gasteiger partial charge in [-0.2, -0.15) is 0 Å². The Morgan fingerprint density at radius 3 is 2.45 bits per heavy atom. The Morgan fingerprint density at radius 1 is 1.00 bits per heavy atom. The van der Waals surface area contributed by atoms with Gasteiger partial charge in [0.25, 0.3) is 5.91 Å². The van der Waals surface area contributed by atoms with Crippen molar-refractivity contribution >= 4 is 22.6 Å². The average molecular weight is 511 g/mol. The Bertz CT molecular complexity index is 1710. The first kappa shape index (κ1) is 24.6. The molecule has 0 atom stereocenters. The number of pyridine rings is 3. The van der Waals surface area contributed by atoms with Crippen molar-refractivity contribution in [3.8, 4) is 28.5 Å². The third-order valence-electron chi connectivity index (χ3n) is 6.13. The lowest BCUT2D eigenvalue weighted by molar-refractivity contribution is 0.102. The van der Waals surface area contributed by atoms with Crippen molar-refractivity contribution in [3.63, 3.8) is 0 Å². The molecule has 3 heterocycles. The average Bonchev–Trinajstić information content (AvgIpc) is 2.93. The predicted octanol–water partition coefficient (Wildman–Crippen LogP) is 5.50. The van der Waals surface area contributed by atoms with Crippen molar-refractivity contribution in [2.75, 3.05) is 12.4 Å². The first-order valence-electron chi connectivity index (χ1n) is 11.7. The summed E-state index contributed by atoms with van der Waals surface area (Å²) in [4.78, 5) is 35.0. The van der Waals surface area contributed by atoms with Crippen molar-refractivity contribution in [1.82, 2.24) is 14.5 Å². The lowest BCUT2D eigenvalue weighted by Gasteiger charge is -2.14. The van der Waals surface area contributed by atoms with Gasteiger partial charge in [0.2, 0.25) is 11.3 Å². The van der Waals surface area contributed by atoms with Gasteiger partial charge in [0, 0.05) is 48.5 Å². The van der Waals surface area contributed by atoms with Gasteiger partial charge < -0.3 is 19.4 Å². The third kappa shape index (κ3) is 4.81. The summed E-state index contributed by atoms with van der Waals surface area (Å²) in [5.74, 6) is 0.502. The molecule has 5 aromatic rings. The van der Waals surface area contributed by atoms with Gasteiger partial charge >= 0.3 is 0 Å². The number of anilines is 1. The van der Waals surface area contributed by atoms with E-state index in [0.29, 0.717) is 50.9 Å². The second kappa shape index (κ2) is 10.1. The maximum Gasteiger partial charge on any atom is 0.261 e. The zero-order chi connectivity index (χ0) is 26.8. The highest BCUT2D eigenvalue weighted by atomic mass is 19.1. The number of nitrogens with zero attached hydrogens (tertiary/aromatic N) is 3. The molecule has 0 radical (unpaired) electrons. The molecule has 38 heavy (non-hydrogen) atoms. The number of ether oxygens (including phenoxy) is 2. The third-order valence-corrected chi connectivity index (χ3v) is 6.13. The van der Waals surface area contributed by atoms with E-state index in [2.05, 4.69) is 15.3 Å². The molecular formula is C29H23FN4O4. The van der Waals surface area contributed by atoms with E-state index < -0.39 is 17.2 Å². The van der Waals surface area contributed by atoms with Crippen LogP contribution in [-0.4, -0.2) is 27.6 Å². The molecule has 190 valence electrons. The van der Waals surface area contributed by atoms with Crippen LogP contribution in [0.5, 0.6) is 17.4 Å². The number of carbonyl (C=O) groups is 1. The summed E-state index contributed by atoms with van der Waals surface area (Å²) in [5.41, 5.74) is 2.78. The van der Waals surface area contributed by atoms with Crippen LogP contribution >= 0.6 is 0 Å². The minimum Gasteiger partial charge on any atom is -0.481 e. The number of aromatic nitrogens is 3. The smallest absolute Gasteiger partial charge is 0.261 e. The van der Waals surface area contributed by atoms with E-state index in [4.69, 9.17) is 9.47 Å². The molecule has 5 rings (SSSR count). The van der Waals surface area contributed by atoms with Crippen LogP contribution in [0.15, 0.2) is 83.9 Å². The standard InChI is InChI=1S/C29H23FN4O4/c1-17-26(18-4-6-19(30)7-5-18)28(35)22(16-34(17)2)29(36)32-20-8-10-21(11-9-20)38-24-14-15-31-23-12-13-25(37-3)33-27(23)24/h4-16H,1-3H3,(H,32,36). The molecule has 1 amide bonds. The molecule has 0 fully saturated rings. The Labute approximate surface area is 217 Å². The van der Waals surface area contributed by atoms with Crippen molar-refractivity contribution in [1.29, 1.82) is 0 Å². The van der Waals surface area contributed by atoms with Gasteiger partial charge in [0.05, 0.1) is 12.6 Å². The highest BCUT2D eigenvalue weighted by molar-refractivity contribution is 6.04. The van der Waals surface area contributed by atoms with Gasteiger partial charge in [-0.1, -0.05) is 12.1 Å². The molecule has 0 bridgehead atoms. The molecule has 0 aliphatic rings. The van der Waals surface area contributed by atoms with Gasteiger partial charge in [-0.15, -0.1) is 0 Å². The molecule has 8 nitrogen and oxygen atoms in total. The number of nitrogens with one attached hydrogen (secondary N) is 1. The molecule has 0 saturated carbocycles. The van der Waals surface area contributed by atoms with Crippen LogP contribution in [0.3, 0.4) is 0 Å². The zero-order valence-corrected chi connectivity index (χ0v) is 20.9. The minimum atomic E-state index is -0.556. The first-order chi connectivity index (χ1) is 18.3. The van der Waals surface area contributed by atoms with Crippen LogP contribution in [-0.2, 0) is 7.05 Å². The van der Waals surface area contributed by atoms with Crippen molar-refractivity contribution in [2.45, 2.75) is 6.92 Å². The summed E-state index contributed by atoms with van der Waals surface area (Å²) in [6.45, 7) is 1.78. The van der Waals surface area contributed by atoms with E-state index in [0.717, 1.165) is 0 Å². The zero-order valence-electron chi connectivity index (χ0n) is 20.9. The fourth-order valence-corrected chi connectivity index (χ4v) is 4.05. The number of hydrogen-bond acceptors (Lipinski definition) is 6. The molecular weight excluding hydrogens is 487 g/mol. The van der Waals surface area contributed by atoms with Crippen LogP contribution in [0.1, 0.15) is 16.1 Å². The van der Waals surface area contributed by atoms with Crippen LogP contribution in [0.4, 0.5) is 10.1 Å². The lowest BCUT2D eigenvalue weighted by atomic mass is 10.0. The van der Waals surface area contributed by atoms with Crippen LogP contribution < -0.4 is 20.2 Å². The molecule has 0 unspecified atom stereocenters. The largest absolute Gasteiger partial charge is 0.481 e. The van der Waals surface area contributed by atoms with Gasteiger partial charge in [-0.05, 0) is 55.0 Å². The highest BCUT2D eigenvalue weighted by Crippen LogP contribution is 2.29. The van der Waals surface area contributed by atoms with Gasteiger partial charge in [-0.3, -0.25) is 14.6 Å². The fraction of sp³-hybridized carbons (Fsp3) is 0.103. The quantitative estimate of drug-likeness (QED) is 0.324. The summed E-state index contributed by atoms with van der Waals surface area (Å²) in [7, 11) is 3.28. The molecule has 0 aliphatic heterocycles. The topological polar surface area (TPSA) is 95.3 Å². The predicted molar refractivity (Wildman–Crippen MR) is 142 cm³/mol. The van der Waals surface area contributed by atoms with Crippen LogP contribution in [0.2, 0.25) is 0 Å². The molecule has 1 N–H and O–H groups in total. The van der Waals surface area contributed by atoms with Crippen molar-refractivity contribution in [3.05, 3.63) is 106 Å². The summed E-state index contributed by atoms with van der Waals surface area (Å²) in [6.07, 6.45) is 3.12. The maximum atomic E-state index is 13.4. The number of methoxy groups -OCH3 is 1. The second-order valence-electron chi connectivity index (χ2n) is 8.56. The van der Waals surface area contributed by atoms with Gasteiger partial charge in [-0.25, -0.2) is 9.37 Å². The number of hydrogen-bond donors (Lipinski definition) is 1. The van der Waals surface area contributed by atoms with E-state index >= 15 is 0 Å². The number of halogens is 1. The Hall–Kier alpha value is -5.05. The van der Waals surface area contributed by atoms with E-state index in [1.54, 1.807) is 67.2 Å². The SMILES string of the molecule is COc1ccc2nccc(Oc3ccc(NC(=O)c4cn(C)c(C)c(-c5ccc(F)cc5)c4=O)cc3)c2n1. The summed E-state index contributed by atoms with van der Waals surface area (Å²) in [6, 6.07) is 17.6. The monoisotopic (exact) mass is 510 g/mol. The fourth-order valence-electron chi connectivity index (χ4n) is 4.05. The summed E-state index contributed by atoms with van der Waals surface area (Å²) >= 11 is 0. The minimum absolute atomic E-state index is 0.0268. The van der Waals surface area contributed by atoms with E-state index in [9.17, 15) is 14.0 Å². The van der Waals surface area contributed by atoms with Crippen molar-refractivity contribution < 1.29 is 18.7 Å². The molecule has 0 spiro atoms. The Balaban J connectivity index is 1.38. The Morgan fingerprint density at radius 2 is 1.74 bits per heavy atom. The molecule has 9 heteroatoms. The molecule has 0 aliphatic carbocycles. The molecule has 2 aromatic carbocycles. The van der Waals surface area contributed by atoms with Crippen LogP contribution in [0.25, 0.3) is 22.2 Å². The number of aryl methyl sites for hydroxylation is 1. The number of benzene rings is 2. The molecule has 0 saturated heterocycles. The van der Waals surface area contributed by atoms with E-state index in [1.165, 1.54) is 37.6 Å². The van der Waals surface area contributed by atoms with E-state index in [1.807, 2.05) is 0 Å². The number of amides is 1. The van der Waals surface area contributed by atoms with Gasteiger partial charge in [0.15, 0.2) is 5.75 Å². The van der Waals surface area contributed by atoms with Gasteiger partial charge in [0.1, 0.15) is 22.6 Å². The molecule has 3 aromatic heterocycles. The normalized spacial score (nSPS) is 10.8. The highest BCUT2D eigenvalue weighted by Gasteiger charge is 2.19. The number of fused-ring (bicyclic) bond motifs is 1. The second-order valence-corrected chi connectivity index (χ2v) is 8.56. The maximum absolute atomic E-state index is 13.4. The van der Waals surface area contributed by atoms with E-state index in [-0.39, 0.29) is 5.56 Å². The van der Waals surface area contributed by atoms with Crippen molar-refractivity contribution in [2.24, 2.45) is 7.05 Å². The lowest BCUT2D eigenvalue weighted by Crippen LogP contribution is -2.25. The Kier molecular flexibility index (Phi) is 6.57. The summed E-state index contributed by atoms with van der Waals surface area (Å²) in [5, 5.41) is 2.76. The number of carbonyl (C=O) groups excluding carboxylic acids is 1. The summed E-state index contributed by atoms with van der Waals surface area (Å²) < 4.78 is 26.3. The van der Waals surface area contributed by atoms with Crippen LogP contribution in [0, 0.1) is 12.7 Å². The first-order valence-corrected chi connectivity index (χ1v) is 11.7.